The van der Waals surface area contributed by atoms with E-state index in [0.29, 0.717) is 12.1 Å². The normalized spacial score (nSPS) is 11.5. The molecule has 1 unspecified atom stereocenters. The summed E-state index contributed by atoms with van der Waals surface area (Å²) in [4.78, 5) is 12.0. The number of benzene rings is 2. The molecule has 0 spiro atoms. The molecule has 4 nitrogen and oxygen atoms in total. The van der Waals surface area contributed by atoms with Gasteiger partial charge in [0.1, 0.15) is 0 Å². The van der Waals surface area contributed by atoms with E-state index in [9.17, 15) is 4.79 Å². The van der Waals surface area contributed by atoms with Crippen molar-refractivity contribution in [2.45, 2.75) is 13.0 Å². The Bertz CT molecular complexity index is 639. The molecule has 2 rings (SSSR count). The number of nitrogens with one attached hydrogen (secondary N) is 2. The Morgan fingerprint density at radius 1 is 1.09 bits per heavy atom. The zero-order valence-corrected chi connectivity index (χ0v) is 13.1. The van der Waals surface area contributed by atoms with Crippen LogP contribution in [0.15, 0.2) is 54.6 Å². The summed E-state index contributed by atoms with van der Waals surface area (Å²) in [5.41, 5.74) is 2.68. The van der Waals surface area contributed by atoms with Gasteiger partial charge in [-0.05, 0) is 42.4 Å². The molecule has 0 saturated heterocycles. The molecule has 1 atom stereocenters. The molecule has 0 fully saturated rings. The third-order valence-electron chi connectivity index (χ3n) is 3.04. The number of hydrogen-bond acceptors (Lipinski definition) is 3. The number of aliphatic hydroxyl groups excluding tert-OH is 1. The molecule has 114 valence electrons. The van der Waals surface area contributed by atoms with E-state index in [4.69, 9.17) is 17.3 Å². The number of carbonyl (C=O) groups is 1. The van der Waals surface area contributed by atoms with Crippen LogP contribution < -0.4 is 10.6 Å². The molecule has 0 aliphatic carbocycles. The van der Waals surface area contributed by atoms with Gasteiger partial charge in [-0.1, -0.05) is 42.5 Å². The summed E-state index contributed by atoms with van der Waals surface area (Å²) in [6.45, 7) is 1.94. The van der Waals surface area contributed by atoms with E-state index in [2.05, 4.69) is 10.6 Å². The highest BCUT2D eigenvalue weighted by Crippen LogP contribution is 2.19. The molecule has 2 aromatic carbocycles. The predicted molar refractivity (Wildman–Crippen MR) is 91.6 cm³/mol. The number of hydrogen-bond donors (Lipinski definition) is 3. The maximum Gasteiger partial charge on any atom is 0.257 e. The second kappa shape index (κ2) is 7.68. The topological polar surface area (TPSA) is 61.4 Å². The lowest BCUT2D eigenvalue weighted by atomic mass is 10.0. The minimum Gasteiger partial charge on any atom is -0.392 e. The minimum atomic E-state index is -0.528. The fourth-order valence-electron chi connectivity index (χ4n) is 1.90. The van der Waals surface area contributed by atoms with Crippen LogP contribution in [0.25, 0.3) is 11.1 Å². The van der Waals surface area contributed by atoms with Crippen LogP contribution in [0.1, 0.15) is 17.3 Å². The second-order valence-corrected chi connectivity index (χ2v) is 5.36. The van der Waals surface area contributed by atoms with Crippen molar-refractivity contribution in [1.29, 1.82) is 0 Å². The van der Waals surface area contributed by atoms with E-state index in [1.165, 1.54) is 0 Å². The van der Waals surface area contributed by atoms with Gasteiger partial charge in [-0.3, -0.25) is 10.1 Å². The van der Waals surface area contributed by atoms with Crippen LogP contribution in [0, 0.1) is 0 Å². The summed E-state index contributed by atoms with van der Waals surface area (Å²) in [5, 5.41) is 14.7. The van der Waals surface area contributed by atoms with Crippen molar-refractivity contribution in [3.8, 4) is 11.1 Å². The van der Waals surface area contributed by atoms with Crippen molar-refractivity contribution >= 4 is 23.2 Å². The van der Waals surface area contributed by atoms with E-state index < -0.39 is 6.10 Å². The maximum atomic E-state index is 12.0. The van der Waals surface area contributed by atoms with Gasteiger partial charge in [0.05, 0.1) is 6.10 Å². The van der Waals surface area contributed by atoms with E-state index in [0.717, 1.165) is 11.1 Å². The van der Waals surface area contributed by atoms with Crippen molar-refractivity contribution in [3.05, 3.63) is 60.2 Å². The highest BCUT2D eigenvalue weighted by molar-refractivity contribution is 7.80. The van der Waals surface area contributed by atoms with Crippen LogP contribution in [0.5, 0.6) is 0 Å². The Hall–Kier alpha value is -2.24. The van der Waals surface area contributed by atoms with Crippen molar-refractivity contribution in [2.24, 2.45) is 0 Å². The van der Waals surface area contributed by atoms with Crippen molar-refractivity contribution in [1.82, 2.24) is 10.6 Å². The highest BCUT2D eigenvalue weighted by Gasteiger charge is 2.08. The molecule has 5 heteroatoms. The van der Waals surface area contributed by atoms with Gasteiger partial charge in [-0.25, -0.2) is 0 Å². The summed E-state index contributed by atoms with van der Waals surface area (Å²) in [6.07, 6.45) is -0.528. The lowest BCUT2D eigenvalue weighted by Gasteiger charge is -2.11. The average molecular weight is 314 g/mol. The van der Waals surface area contributed by atoms with Gasteiger partial charge >= 0.3 is 0 Å². The van der Waals surface area contributed by atoms with Gasteiger partial charge in [0.25, 0.3) is 5.91 Å². The highest BCUT2D eigenvalue weighted by atomic mass is 32.1. The summed E-state index contributed by atoms with van der Waals surface area (Å²) >= 11 is 5.00. The van der Waals surface area contributed by atoms with Crippen LogP contribution >= 0.6 is 12.2 Å². The molecule has 0 heterocycles. The third kappa shape index (κ3) is 4.65. The lowest BCUT2D eigenvalue weighted by Crippen LogP contribution is -2.41. The number of carbonyl (C=O) groups excluding carboxylic acids is 1. The zero-order chi connectivity index (χ0) is 15.9. The zero-order valence-electron chi connectivity index (χ0n) is 12.2. The Balaban J connectivity index is 1.98. The Kier molecular flexibility index (Phi) is 5.63. The fourth-order valence-corrected chi connectivity index (χ4v) is 2.08. The molecule has 2 aromatic rings. The molecule has 0 aliphatic rings. The molecule has 1 amide bonds. The first-order valence-corrected chi connectivity index (χ1v) is 7.40. The largest absolute Gasteiger partial charge is 0.392 e. The summed E-state index contributed by atoms with van der Waals surface area (Å²) in [6, 6.07) is 17.3. The van der Waals surface area contributed by atoms with E-state index >= 15 is 0 Å². The van der Waals surface area contributed by atoms with Crippen LogP contribution in [-0.2, 0) is 0 Å². The second-order valence-electron chi connectivity index (χ2n) is 4.96. The first-order valence-electron chi connectivity index (χ1n) is 6.99. The third-order valence-corrected chi connectivity index (χ3v) is 3.29. The van der Waals surface area contributed by atoms with Crippen molar-refractivity contribution in [3.63, 3.8) is 0 Å². The lowest BCUT2D eigenvalue weighted by molar-refractivity contribution is 0.0976. The molecule has 0 aliphatic heterocycles. The first kappa shape index (κ1) is 16.1. The van der Waals surface area contributed by atoms with Gasteiger partial charge in [0.2, 0.25) is 0 Å². The van der Waals surface area contributed by atoms with Crippen LogP contribution in [-0.4, -0.2) is 28.8 Å². The molecule has 3 N–H and O–H groups in total. The summed E-state index contributed by atoms with van der Waals surface area (Å²) in [5.74, 6) is -0.275. The van der Waals surface area contributed by atoms with Gasteiger partial charge in [0.15, 0.2) is 5.11 Å². The van der Waals surface area contributed by atoms with Crippen LogP contribution in [0.3, 0.4) is 0 Å². The van der Waals surface area contributed by atoms with Crippen LogP contribution in [0.2, 0.25) is 0 Å². The molecule has 0 saturated carbocycles. The average Bonchev–Trinajstić information content (AvgIpc) is 2.54. The monoisotopic (exact) mass is 314 g/mol. The first-order chi connectivity index (χ1) is 10.6. The van der Waals surface area contributed by atoms with Gasteiger partial charge in [-0.2, -0.15) is 0 Å². The Labute approximate surface area is 135 Å². The van der Waals surface area contributed by atoms with E-state index in [1.54, 1.807) is 19.1 Å². The summed E-state index contributed by atoms with van der Waals surface area (Å²) < 4.78 is 0. The predicted octanol–water partition coefficient (Wildman–Crippen LogP) is 2.34. The SMILES string of the molecule is CC(O)CNC(=S)NC(=O)c1ccc(-c2ccccc2)cc1. The molecular weight excluding hydrogens is 296 g/mol. The fraction of sp³-hybridized carbons (Fsp3) is 0.176. The van der Waals surface area contributed by atoms with Crippen molar-refractivity contribution < 1.29 is 9.90 Å². The summed E-state index contributed by atoms with van der Waals surface area (Å²) in [7, 11) is 0. The molecule has 22 heavy (non-hydrogen) atoms. The number of amides is 1. The minimum absolute atomic E-state index is 0.207. The van der Waals surface area contributed by atoms with Crippen LogP contribution in [0.4, 0.5) is 0 Å². The van der Waals surface area contributed by atoms with Gasteiger partial charge in [-0.15, -0.1) is 0 Å². The van der Waals surface area contributed by atoms with Gasteiger partial charge in [0, 0.05) is 12.1 Å². The number of thiocarbonyl (C=S) groups is 1. The smallest absolute Gasteiger partial charge is 0.257 e. The maximum absolute atomic E-state index is 12.0. The standard InChI is InChI=1S/C17H18N2O2S/c1-12(20)11-18-17(22)19-16(21)15-9-7-14(8-10-15)13-5-3-2-4-6-13/h2-10,12,20H,11H2,1H3,(H2,18,19,21,22). The molecule has 0 bridgehead atoms. The quantitative estimate of drug-likeness (QED) is 0.758. The number of rotatable bonds is 4. The molecule has 0 aromatic heterocycles. The molecular formula is C17H18N2O2S. The van der Waals surface area contributed by atoms with Gasteiger partial charge < -0.3 is 10.4 Å². The molecule has 0 radical (unpaired) electrons. The van der Waals surface area contributed by atoms with Crippen molar-refractivity contribution in [2.75, 3.05) is 6.54 Å². The number of aliphatic hydroxyl groups is 1. The van der Waals surface area contributed by atoms with E-state index in [1.807, 2.05) is 42.5 Å². The Morgan fingerprint density at radius 2 is 1.68 bits per heavy atom. The Morgan fingerprint density at radius 3 is 2.27 bits per heavy atom. The van der Waals surface area contributed by atoms with E-state index in [-0.39, 0.29) is 11.0 Å².